The van der Waals surface area contributed by atoms with E-state index in [-0.39, 0.29) is 18.2 Å². The molecule has 12 heteroatoms. The molecule has 2 fully saturated rings. The number of esters is 2. The van der Waals surface area contributed by atoms with Crippen molar-refractivity contribution in [3.8, 4) is 0 Å². The first kappa shape index (κ1) is 27.2. The second kappa shape index (κ2) is 10.6. The average Bonchev–Trinajstić information content (AvgIpc) is 3.31. The molecule has 2 aromatic carbocycles. The number of fused-ring (bicyclic) bond motifs is 1. The van der Waals surface area contributed by atoms with E-state index in [1.54, 1.807) is 32.7 Å². The lowest BCUT2D eigenvalue weighted by Crippen LogP contribution is -2.70. The van der Waals surface area contributed by atoms with Crippen LogP contribution in [0.2, 0.25) is 0 Å². The Labute approximate surface area is 234 Å². The van der Waals surface area contributed by atoms with E-state index in [2.05, 4.69) is 15.5 Å². The zero-order valence-corrected chi connectivity index (χ0v) is 23.6. The van der Waals surface area contributed by atoms with Crippen LogP contribution in [0, 0.1) is 5.92 Å². The van der Waals surface area contributed by atoms with Crippen molar-refractivity contribution < 1.29 is 23.9 Å². The van der Waals surface area contributed by atoms with E-state index in [0.29, 0.717) is 5.16 Å². The molecule has 0 bridgehead atoms. The Balaban J connectivity index is 1.44. The van der Waals surface area contributed by atoms with Crippen LogP contribution in [0.1, 0.15) is 38.0 Å². The van der Waals surface area contributed by atoms with Crippen LogP contribution in [-0.2, 0) is 30.9 Å². The van der Waals surface area contributed by atoms with Crippen LogP contribution in [0.5, 0.6) is 0 Å². The van der Waals surface area contributed by atoms with Gasteiger partial charge in [0.1, 0.15) is 15.7 Å². The van der Waals surface area contributed by atoms with Crippen molar-refractivity contribution in [1.82, 2.24) is 25.1 Å². The van der Waals surface area contributed by atoms with Gasteiger partial charge in [-0.3, -0.25) is 14.4 Å². The van der Waals surface area contributed by atoms with Crippen LogP contribution in [0.15, 0.2) is 65.8 Å². The van der Waals surface area contributed by atoms with Crippen molar-refractivity contribution in [2.75, 3.05) is 12.3 Å². The van der Waals surface area contributed by atoms with E-state index in [1.165, 1.54) is 28.2 Å². The molecule has 3 aromatic rings. The molecule has 1 amide bonds. The molecule has 204 valence electrons. The van der Waals surface area contributed by atoms with Gasteiger partial charge >= 0.3 is 11.9 Å². The lowest BCUT2D eigenvalue weighted by atomic mass is 9.95. The number of ether oxygens (including phenoxy) is 2. The van der Waals surface area contributed by atoms with Crippen molar-refractivity contribution >= 4 is 41.4 Å². The zero-order valence-electron chi connectivity index (χ0n) is 22.0. The minimum Gasteiger partial charge on any atom is -0.459 e. The standard InChI is InChI=1S/C27H29N5O5S2/c1-26(2,3)37-23(34)19-21(33)32-15-27(16-38-22(19)32,39-25-28-29-30-31(25)4)24(35)36-20(17-11-7-5-8-12-17)18-13-9-6-10-14-18/h5-14,19-20,22H,15-16H2,1-4H3/t19?,22-,27?/m1/s1. The fraction of sp³-hybridized carbons (Fsp3) is 0.407. The van der Waals surface area contributed by atoms with E-state index >= 15 is 0 Å². The number of aromatic nitrogens is 4. The second-order valence-corrected chi connectivity index (χ2v) is 12.9. The molecule has 2 aliphatic rings. The molecule has 0 aliphatic carbocycles. The maximum absolute atomic E-state index is 14.1. The molecule has 0 saturated carbocycles. The number of hydrogen-bond donors (Lipinski definition) is 0. The molecule has 0 radical (unpaired) electrons. The summed E-state index contributed by atoms with van der Waals surface area (Å²) in [6.45, 7) is 5.35. The van der Waals surface area contributed by atoms with Gasteiger partial charge in [-0.25, -0.2) is 4.68 Å². The van der Waals surface area contributed by atoms with Crippen molar-refractivity contribution in [1.29, 1.82) is 0 Å². The maximum atomic E-state index is 14.1. The minimum atomic E-state index is -1.21. The molecule has 2 saturated heterocycles. The van der Waals surface area contributed by atoms with E-state index in [9.17, 15) is 14.4 Å². The van der Waals surface area contributed by atoms with Crippen molar-refractivity contribution in [3.63, 3.8) is 0 Å². The van der Waals surface area contributed by atoms with Crippen LogP contribution < -0.4 is 0 Å². The third-order valence-electron chi connectivity index (χ3n) is 6.38. The fourth-order valence-corrected chi connectivity index (χ4v) is 7.31. The number of hydrogen-bond acceptors (Lipinski definition) is 10. The highest BCUT2D eigenvalue weighted by Crippen LogP contribution is 2.49. The summed E-state index contributed by atoms with van der Waals surface area (Å²) in [5.74, 6) is -2.01. The Hall–Kier alpha value is -3.38. The molecule has 1 aromatic heterocycles. The lowest BCUT2D eigenvalue weighted by molar-refractivity contribution is -0.176. The summed E-state index contributed by atoms with van der Waals surface area (Å²) in [6.07, 6.45) is -0.653. The number of tetrazole rings is 1. The summed E-state index contributed by atoms with van der Waals surface area (Å²) >= 11 is 2.53. The molecule has 2 aliphatic heterocycles. The molecule has 10 nitrogen and oxygen atoms in total. The third-order valence-corrected chi connectivity index (χ3v) is 9.45. The Bertz CT molecular complexity index is 1320. The quantitative estimate of drug-likeness (QED) is 0.239. The molecule has 5 rings (SSSR count). The van der Waals surface area contributed by atoms with Gasteiger partial charge in [-0.05, 0) is 42.3 Å². The fourth-order valence-electron chi connectivity index (χ4n) is 4.51. The van der Waals surface area contributed by atoms with Crippen molar-refractivity contribution in [2.24, 2.45) is 13.0 Å². The molecule has 3 heterocycles. The Morgan fingerprint density at radius 3 is 2.23 bits per heavy atom. The molecule has 39 heavy (non-hydrogen) atoms. The maximum Gasteiger partial charge on any atom is 0.326 e. The lowest BCUT2D eigenvalue weighted by Gasteiger charge is -2.53. The summed E-state index contributed by atoms with van der Waals surface area (Å²) in [5.41, 5.74) is 0.940. The largest absolute Gasteiger partial charge is 0.459 e. The monoisotopic (exact) mass is 567 g/mol. The second-order valence-electron chi connectivity index (χ2n) is 10.5. The summed E-state index contributed by atoms with van der Waals surface area (Å²) in [4.78, 5) is 41.6. The van der Waals surface area contributed by atoms with Crippen molar-refractivity contribution in [3.05, 3.63) is 71.8 Å². The number of aryl methyl sites for hydroxylation is 1. The number of thioether (sulfide) groups is 2. The van der Waals surface area contributed by atoms with E-state index < -0.39 is 39.7 Å². The number of carbonyl (C=O) groups is 3. The van der Waals surface area contributed by atoms with Gasteiger partial charge in [0.2, 0.25) is 11.1 Å². The third kappa shape index (κ3) is 5.53. The van der Waals surface area contributed by atoms with Crippen LogP contribution in [-0.4, -0.2) is 71.0 Å². The number of carbonyl (C=O) groups excluding carboxylic acids is 3. The number of benzene rings is 2. The highest BCUT2D eigenvalue weighted by molar-refractivity contribution is 8.04. The Kier molecular flexibility index (Phi) is 7.43. The first-order valence-corrected chi connectivity index (χ1v) is 14.3. The number of amides is 1. The van der Waals surface area contributed by atoms with Gasteiger partial charge < -0.3 is 14.4 Å². The van der Waals surface area contributed by atoms with E-state index in [1.807, 2.05) is 60.7 Å². The van der Waals surface area contributed by atoms with Crippen LogP contribution in [0.3, 0.4) is 0 Å². The SMILES string of the molecule is Cn1nnnc1SC1(C(=O)OC(c2ccccc2)c2ccccc2)CS[C@@H]2C(C(=O)OC(C)(C)C)C(=O)N2C1. The molecule has 0 N–H and O–H groups in total. The average molecular weight is 568 g/mol. The topological polar surface area (TPSA) is 117 Å². The summed E-state index contributed by atoms with van der Waals surface area (Å²) in [5, 5.41) is 11.7. The van der Waals surface area contributed by atoms with Gasteiger partial charge in [-0.2, -0.15) is 0 Å². The van der Waals surface area contributed by atoms with Crippen molar-refractivity contribution in [2.45, 2.75) is 47.8 Å². The zero-order chi connectivity index (χ0) is 27.8. The first-order chi connectivity index (χ1) is 18.6. The van der Waals surface area contributed by atoms with Crippen LogP contribution >= 0.6 is 23.5 Å². The molecule has 0 spiro atoms. The van der Waals surface area contributed by atoms with Gasteiger partial charge in [0, 0.05) is 19.3 Å². The number of rotatable bonds is 7. The molecule has 3 atom stereocenters. The van der Waals surface area contributed by atoms with Gasteiger partial charge in [-0.15, -0.1) is 16.9 Å². The van der Waals surface area contributed by atoms with Crippen LogP contribution in [0.4, 0.5) is 0 Å². The summed E-state index contributed by atoms with van der Waals surface area (Å²) in [7, 11) is 1.68. The summed E-state index contributed by atoms with van der Waals surface area (Å²) in [6, 6.07) is 19.0. The molecular formula is C27H29N5O5S2. The molecular weight excluding hydrogens is 538 g/mol. The number of nitrogens with zero attached hydrogens (tertiary/aromatic N) is 5. The van der Waals surface area contributed by atoms with E-state index in [4.69, 9.17) is 9.47 Å². The molecule has 2 unspecified atom stereocenters. The smallest absolute Gasteiger partial charge is 0.326 e. The highest BCUT2D eigenvalue weighted by atomic mass is 32.2. The highest BCUT2D eigenvalue weighted by Gasteiger charge is 2.61. The minimum absolute atomic E-state index is 0.0510. The number of β-lactam (4-membered cyclic amide) rings is 1. The van der Waals surface area contributed by atoms with E-state index in [0.717, 1.165) is 11.1 Å². The Morgan fingerprint density at radius 1 is 1.08 bits per heavy atom. The summed E-state index contributed by atoms with van der Waals surface area (Å²) < 4.78 is 12.0. The Morgan fingerprint density at radius 2 is 1.69 bits per heavy atom. The normalized spacial score (nSPS) is 22.7. The predicted octanol–water partition coefficient (Wildman–Crippen LogP) is 3.25. The van der Waals surface area contributed by atoms with Gasteiger partial charge in [0.05, 0.1) is 0 Å². The predicted molar refractivity (Wildman–Crippen MR) is 145 cm³/mol. The van der Waals surface area contributed by atoms with Crippen LogP contribution in [0.25, 0.3) is 0 Å². The van der Waals surface area contributed by atoms with Gasteiger partial charge in [-0.1, -0.05) is 72.4 Å². The first-order valence-electron chi connectivity index (χ1n) is 12.5. The van der Waals surface area contributed by atoms with Gasteiger partial charge in [0.25, 0.3) is 0 Å². The van der Waals surface area contributed by atoms with Gasteiger partial charge in [0.15, 0.2) is 12.0 Å².